The third-order valence-electron chi connectivity index (χ3n) is 2.80. The number of fused-ring (bicyclic) bond motifs is 1. The highest BCUT2D eigenvalue weighted by Gasteiger charge is 2.27. The lowest BCUT2D eigenvalue weighted by molar-refractivity contribution is 0.0524. The Morgan fingerprint density at radius 1 is 1.59 bits per heavy atom. The second kappa shape index (κ2) is 4.42. The van der Waals surface area contributed by atoms with E-state index in [0.717, 1.165) is 18.4 Å². The second-order valence-electron chi connectivity index (χ2n) is 3.80. The lowest BCUT2D eigenvalue weighted by Crippen LogP contribution is -2.12. The monoisotopic (exact) mass is 232 g/mol. The zero-order valence-electron chi connectivity index (χ0n) is 9.49. The number of carbonyl (C=O) groups excluding carboxylic acids is 1. The molecule has 0 fully saturated rings. The Labute approximate surface area is 98.7 Å². The number of hydrogen-bond donors (Lipinski definition) is 1. The number of esters is 1. The van der Waals surface area contributed by atoms with Gasteiger partial charge in [-0.15, -0.1) is 0 Å². The smallest absolute Gasteiger partial charge is 0.340 e. The van der Waals surface area contributed by atoms with E-state index < -0.39 is 5.97 Å². The normalized spacial score (nSPS) is 12.9. The summed E-state index contributed by atoms with van der Waals surface area (Å²) in [7, 11) is 0. The Bertz CT molecular complexity index is 517. The fraction of sp³-hybridized carbons (Fsp3) is 0.417. The third kappa shape index (κ3) is 1.82. The van der Waals surface area contributed by atoms with Gasteiger partial charge in [0.2, 0.25) is 5.88 Å². The van der Waals surface area contributed by atoms with Crippen molar-refractivity contribution in [1.82, 2.24) is 4.98 Å². The summed E-state index contributed by atoms with van der Waals surface area (Å²) in [5, 5.41) is 18.6. The predicted molar refractivity (Wildman–Crippen MR) is 58.6 cm³/mol. The van der Waals surface area contributed by atoms with Gasteiger partial charge in [0, 0.05) is 5.69 Å². The van der Waals surface area contributed by atoms with Crippen LogP contribution in [0.3, 0.4) is 0 Å². The predicted octanol–water partition coefficient (Wildman–Crippen LogP) is 1.32. The molecule has 0 aromatic carbocycles. The highest BCUT2D eigenvalue weighted by Crippen LogP contribution is 2.31. The number of rotatable bonds is 2. The van der Waals surface area contributed by atoms with Crippen molar-refractivity contribution in [2.24, 2.45) is 0 Å². The number of hydrogen-bond acceptors (Lipinski definition) is 5. The molecule has 5 nitrogen and oxygen atoms in total. The number of ether oxygens (including phenoxy) is 1. The van der Waals surface area contributed by atoms with Crippen LogP contribution in [0.2, 0.25) is 0 Å². The number of nitriles is 1. The minimum Gasteiger partial charge on any atom is -0.492 e. The van der Waals surface area contributed by atoms with Crippen molar-refractivity contribution in [2.75, 3.05) is 6.61 Å². The highest BCUT2D eigenvalue weighted by molar-refractivity contribution is 5.95. The van der Waals surface area contributed by atoms with E-state index in [9.17, 15) is 9.90 Å². The van der Waals surface area contributed by atoms with Gasteiger partial charge in [-0.3, -0.25) is 0 Å². The maximum atomic E-state index is 11.8. The standard InChI is InChI=1S/C12H12N2O3/c1-2-17-12(16)10-7-4-3-5-9(7)14-11(15)8(10)6-13/h2-5H2,1H3,(H,14,15). The maximum Gasteiger partial charge on any atom is 0.340 e. The first-order chi connectivity index (χ1) is 8.19. The molecule has 0 atom stereocenters. The first-order valence-electron chi connectivity index (χ1n) is 5.51. The van der Waals surface area contributed by atoms with Gasteiger partial charge in [-0.25, -0.2) is 9.78 Å². The molecule has 0 saturated heterocycles. The lowest BCUT2D eigenvalue weighted by Gasteiger charge is -2.10. The molecular formula is C12H12N2O3. The quantitative estimate of drug-likeness (QED) is 0.777. The van der Waals surface area contributed by atoms with Gasteiger partial charge >= 0.3 is 5.97 Å². The molecular weight excluding hydrogens is 220 g/mol. The SMILES string of the molecule is CCOC(=O)c1c(C#N)c(O)nc2c1CCC2. The van der Waals surface area contributed by atoms with Gasteiger partial charge in [-0.05, 0) is 31.7 Å². The minimum absolute atomic E-state index is 0.0795. The van der Waals surface area contributed by atoms with Crippen LogP contribution in [0, 0.1) is 11.3 Å². The minimum atomic E-state index is -0.556. The Morgan fingerprint density at radius 3 is 3.00 bits per heavy atom. The zero-order valence-corrected chi connectivity index (χ0v) is 9.49. The van der Waals surface area contributed by atoms with Crippen molar-refractivity contribution >= 4 is 5.97 Å². The van der Waals surface area contributed by atoms with Gasteiger partial charge in [0.15, 0.2) is 0 Å². The Hall–Kier alpha value is -2.09. The molecule has 0 aliphatic heterocycles. The van der Waals surface area contributed by atoms with Crippen molar-refractivity contribution in [3.63, 3.8) is 0 Å². The molecule has 0 amide bonds. The van der Waals surface area contributed by atoms with Gasteiger partial charge in [-0.1, -0.05) is 0 Å². The fourth-order valence-corrected chi connectivity index (χ4v) is 2.10. The molecule has 0 spiro atoms. The summed E-state index contributed by atoms with van der Waals surface area (Å²) in [5.41, 5.74) is 1.56. The molecule has 1 aromatic rings. The van der Waals surface area contributed by atoms with E-state index >= 15 is 0 Å². The fourth-order valence-electron chi connectivity index (χ4n) is 2.10. The molecule has 1 heterocycles. The number of pyridine rings is 1. The van der Waals surface area contributed by atoms with Crippen LogP contribution in [0.25, 0.3) is 0 Å². The van der Waals surface area contributed by atoms with Crippen molar-refractivity contribution in [1.29, 1.82) is 5.26 Å². The maximum absolute atomic E-state index is 11.8. The number of aryl methyl sites for hydroxylation is 1. The van der Waals surface area contributed by atoms with Crippen molar-refractivity contribution in [2.45, 2.75) is 26.2 Å². The molecule has 17 heavy (non-hydrogen) atoms. The molecule has 5 heteroatoms. The van der Waals surface area contributed by atoms with E-state index in [1.807, 2.05) is 6.07 Å². The summed E-state index contributed by atoms with van der Waals surface area (Å²) in [6.07, 6.45) is 2.30. The van der Waals surface area contributed by atoms with E-state index in [2.05, 4.69) is 4.98 Å². The summed E-state index contributed by atoms with van der Waals surface area (Å²) in [5.74, 6) is -0.934. The van der Waals surface area contributed by atoms with Gasteiger partial charge < -0.3 is 9.84 Å². The molecule has 0 radical (unpaired) electrons. The van der Waals surface area contributed by atoms with E-state index in [1.165, 1.54) is 0 Å². The van der Waals surface area contributed by atoms with E-state index in [1.54, 1.807) is 6.92 Å². The van der Waals surface area contributed by atoms with Crippen molar-refractivity contribution in [3.8, 4) is 11.9 Å². The van der Waals surface area contributed by atoms with Gasteiger partial charge in [-0.2, -0.15) is 5.26 Å². The molecule has 1 aliphatic rings. The van der Waals surface area contributed by atoms with Gasteiger partial charge in [0.05, 0.1) is 12.2 Å². The summed E-state index contributed by atoms with van der Waals surface area (Å²) in [6, 6.07) is 1.82. The van der Waals surface area contributed by atoms with Crippen LogP contribution in [0.4, 0.5) is 0 Å². The summed E-state index contributed by atoms with van der Waals surface area (Å²) in [6.45, 7) is 1.94. The Balaban J connectivity index is 2.62. The van der Waals surface area contributed by atoms with Crippen LogP contribution in [-0.2, 0) is 17.6 Å². The Kier molecular flexibility index (Phi) is 2.96. The first-order valence-corrected chi connectivity index (χ1v) is 5.51. The molecule has 2 rings (SSSR count). The van der Waals surface area contributed by atoms with Crippen LogP contribution in [0.5, 0.6) is 5.88 Å². The van der Waals surface area contributed by atoms with E-state index in [4.69, 9.17) is 10.00 Å². The molecule has 88 valence electrons. The number of aromatic hydroxyl groups is 1. The molecule has 0 unspecified atom stereocenters. The van der Waals surface area contributed by atoms with Gasteiger partial charge in [0.25, 0.3) is 0 Å². The van der Waals surface area contributed by atoms with Crippen LogP contribution < -0.4 is 0 Å². The average Bonchev–Trinajstić information content (AvgIpc) is 2.74. The Morgan fingerprint density at radius 2 is 2.35 bits per heavy atom. The van der Waals surface area contributed by atoms with E-state index in [0.29, 0.717) is 12.1 Å². The summed E-state index contributed by atoms with van der Waals surface area (Å²) < 4.78 is 4.92. The summed E-state index contributed by atoms with van der Waals surface area (Å²) in [4.78, 5) is 15.8. The molecule has 1 aromatic heterocycles. The second-order valence-corrected chi connectivity index (χ2v) is 3.80. The molecule has 0 bridgehead atoms. The number of aromatic nitrogens is 1. The molecule has 1 N–H and O–H groups in total. The topological polar surface area (TPSA) is 83.2 Å². The summed E-state index contributed by atoms with van der Waals surface area (Å²) >= 11 is 0. The van der Waals surface area contributed by atoms with Crippen LogP contribution in [0.15, 0.2) is 0 Å². The zero-order chi connectivity index (χ0) is 12.4. The van der Waals surface area contributed by atoms with Crippen molar-refractivity contribution in [3.05, 3.63) is 22.4 Å². The van der Waals surface area contributed by atoms with Crippen LogP contribution in [0.1, 0.15) is 40.5 Å². The third-order valence-corrected chi connectivity index (χ3v) is 2.80. The molecule has 1 aliphatic carbocycles. The largest absolute Gasteiger partial charge is 0.492 e. The van der Waals surface area contributed by atoms with Gasteiger partial charge in [0.1, 0.15) is 11.6 Å². The van der Waals surface area contributed by atoms with Crippen LogP contribution in [-0.4, -0.2) is 22.7 Å². The highest BCUT2D eigenvalue weighted by atomic mass is 16.5. The first kappa shape index (κ1) is 11.4. The lowest BCUT2D eigenvalue weighted by atomic mass is 10.0. The van der Waals surface area contributed by atoms with Crippen molar-refractivity contribution < 1.29 is 14.6 Å². The number of carbonyl (C=O) groups is 1. The molecule has 0 saturated carbocycles. The number of nitrogens with zero attached hydrogens (tertiary/aromatic N) is 2. The van der Waals surface area contributed by atoms with E-state index in [-0.39, 0.29) is 23.6 Å². The average molecular weight is 232 g/mol. The van der Waals surface area contributed by atoms with Crippen LogP contribution >= 0.6 is 0 Å².